The second-order valence-corrected chi connectivity index (χ2v) is 7.26. The molecule has 0 unspecified atom stereocenters. The molecule has 0 aliphatic heterocycles. The Morgan fingerprint density at radius 3 is 2.35 bits per heavy atom. The first-order chi connectivity index (χ1) is 9.29. The smallest absolute Gasteiger partial charge is 0.144 e. The van der Waals surface area contributed by atoms with Gasteiger partial charge in [-0.1, -0.05) is 20.8 Å². The zero-order valence-electron chi connectivity index (χ0n) is 11.8. The second kappa shape index (κ2) is 5.50. The van der Waals surface area contributed by atoms with Gasteiger partial charge in [0.25, 0.3) is 0 Å². The lowest BCUT2D eigenvalue weighted by atomic mass is 9.86. The van der Waals surface area contributed by atoms with Gasteiger partial charge in [0.15, 0.2) is 0 Å². The monoisotopic (exact) mass is 401 g/mol. The number of ether oxygens (including phenoxy) is 1. The minimum atomic E-state index is -0.0807. The largest absolute Gasteiger partial charge is 0.495 e. The molecule has 0 saturated heterocycles. The van der Waals surface area contributed by atoms with Crippen LogP contribution in [0.5, 0.6) is 5.75 Å². The standard InChI is InChI=1S/C14H17Br2N3O/c1-14(2,3)8-5-7-11(18-13(8)19-17)9(15)6-10(16)12(7)20-4/h5-6H,17H2,1-4H3,(H,18,19). The summed E-state index contributed by atoms with van der Waals surface area (Å²) in [6.07, 6.45) is 0. The number of methoxy groups -OCH3 is 1. The van der Waals surface area contributed by atoms with Crippen molar-refractivity contribution in [3.8, 4) is 5.75 Å². The van der Waals surface area contributed by atoms with Gasteiger partial charge in [0.2, 0.25) is 0 Å². The number of hydrazine groups is 1. The average Bonchev–Trinajstić information content (AvgIpc) is 2.36. The highest BCUT2D eigenvalue weighted by Crippen LogP contribution is 2.41. The number of hydrogen-bond donors (Lipinski definition) is 2. The van der Waals surface area contributed by atoms with Crippen molar-refractivity contribution >= 4 is 48.6 Å². The van der Waals surface area contributed by atoms with Crippen LogP contribution >= 0.6 is 31.9 Å². The van der Waals surface area contributed by atoms with E-state index < -0.39 is 0 Å². The number of anilines is 1. The van der Waals surface area contributed by atoms with Crippen LogP contribution in [0.25, 0.3) is 10.9 Å². The SMILES string of the molecule is COc1c(Br)cc(Br)c2nc(NN)c(C(C)(C)C)cc12. The average molecular weight is 403 g/mol. The van der Waals surface area contributed by atoms with E-state index in [0.717, 1.165) is 31.2 Å². The van der Waals surface area contributed by atoms with Crippen molar-refractivity contribution in [2.24, 2.45) is 5.84 Å². The number of nitrogen functional groups attached to an aromatic ring is 1. The molecule has 0 radical (unpaired) electrons. The maximum atomic E-state index is 5.62. The van der Waals surface area contributed by atoms with Gasteiger partial charge in [-0.3, -0.25) is 0 Å². The summed E-state index contributed by atoms with van der Waals surface area (Å²) in [6, 6.07) is 4.00. The van der Waals surface area contributed by atoms with Gasteiger partial charge in [-0.05, 0) is 49.4 Å². The van der Waals surface area contributed by atoms with Crippen LogP contribution in [0.1, 0.15) is 26.3 Å². The molecule has 20 heavy (non-hydrogen) atoms. The van der Waals surface area contributed by atoms with Crippen molar-refractivity contribution in [3.63, 3.8) is 0 Å². The zero-order valence-corrected chi connectivity index (χ0v) is 15.0. The molecule has 3 N–H and O–H groups in total. The van der Waals surface area contributed by atoms with Crippen LogP contribution in [0.2, 0.25) is 0 Å². The fourth-order valence-corrected chi connectivity index (χ4v) is 3.57. The number of nitrogens with one attached hydrogen (secondary N) is 1. The summed E-state index contributed by atoms with van der Waals surface area (Å²) in [7, 11) is 1.65. The van der Waals surface area contributed by atoms with Gasteiger partial charge in [0, 0.05) is 15.4 Å². The Morgan fingerprint density at radius 1 is 1.20 bits per heavy atom. The molecular weight excluding hydrogens is 386 g/mol. The minimum Gasteiger partial charge on any atom is -0.495 e. The number of rotatable bonds is 2. The fourth-order valence-electron chi connectivity index (χ4n) is 2.13. The Balaban J connectivity index is 2.91. The van der Waals surface area contributed by atoms with E-state index in [4.69, 9.17) is 10.6 Å². The first kappa shape index (κ1) is 15.5. The van der Waals surface area contributed by atoms with Crippen molar-refractivity contribution in [3.05, 3.63) is 26.6 Å². The summed E-state index contributed by atoms with van der Waals surface area (Å²) in [5.41, 5.74) is 4.46. The van der Waals surface area contributed by atoms with E-state index >= 15 is 0 Å². The Bertz CT molecular complexity index is 666. The van der Waals surface area contributed by atoms with E-state index in [1.54, 1.807) is 7.11 Å². The van der Waals surface area contributed by atoms with Crippen molar-refractivity contribution in [1.29, 1.82) is 0 Å². The first-order valence-corrected chi connectivity index (χ1v) is 7.72. The quantitative estimate of drug-likeness (QED) is 0.579. The van der Waals surface area contributed by atoms with E-state index in [1.165, 1.54) is 0 Å². The molecule has 1 aromatic carbocycles. The lowest BCUT2D eigenvalue weighted by Crippen LogP contribution is -2.19. The molecule has 0 spiro atoms. The summed E-state index contributed by atoms with van der Waals surface area (Å²) in [4.78, 5) is 4.63. The third kappa shape index (κ3) is 2.64. The van der Waals surface area contributed by atoms with Crippen LogP contribution in [-0.4, -0.2) is 12.1 Å². The van der Waals surface area contributed by atoms with E-state index in [0.29, 0.717) is 5.82 Å². The van der Waals surface area contributed by atoms with Crippen LogP contribution in [0.15, 0.2) is 21.1 Å². The molecule has 0 fully saturated rings. The van der Waals surface area contributed by atoms with Crippen molar-refractivity contribution in [1.82, 2.24) is 4.98 Å². The predicted octanol–water partition coefficient (Wildman–Crippen LogP) is 4.35. The molecule has 1 heterocycles. The molecule has 4 nitrogen and oxygen atoms in total. The summed E-state index contributed by atoms with van der Waals surface area (Å²) >= 11 is 7.05. The Morgan fingerprint density at radius 2 is 1.85 bits per heavy atom. The van der Waals surface area contributed by atoms with Gasteiger partial charge in [0.1, 0.15) is 11.6 Å². The maximum Gasteiger partial charge on any atom is 0.144 e. The topological polar surface area (TPSA) is 60.2 Å². The number of nitrogens with zero attached hydrogens (tertiary/aromatic N) is 1. The normalized spacial score (nSPS) is 11.8. The van der Waals surface area contributed by atoms with E-state index in [9.17, 15) is 0 Å². The molecule has 0 bridgehead atoms. The highest BCUT2D eigenvalue weighted by molar-refractivity contribution is 9.11. The molecule has 0 aliphatic rings. The van der Waals surface area contributed by atoms with Gasteiger partial charge < -0.3 is 10.2 Å². The predicted molar refractivity (Wildman–Crippen MR) is 90.2 cm³/mol. The van der Waals surface area contributed by atoms with Gasteiger partial charge in [0.05, 0.1) is 17.1 Å². The lowest BCUT2D eigenvalue weighted by Gasteiger charge is -2.23. The molecule has 0 amide bonds. The molecular formula is C14H17Br2N3O. The third-order valence-electron chi connectivity index (χ3n) is 3.11. The Kier molecular flexibility index (Phi) is 4.27. The molecule has 2 rings (SSSR count). The lowest BCUT2D eigenvalue weighted by molar-refractivity contribution is 0.417. The second-order valence-electron chi connectivity index (χ2n) is 5.55. The summed E-state index contributed by atoms with van der Waals surface area (Å²) in [5, 5.41) is 0.942. The van der Waals surface area contributed by atoms with Crippen molar-refractivity contribution in [2.45, 2.75) is 26.2 Å². The van der Waals surface area contributed by atoms with Crippen molar-refractivity contribution in [2.75, 3.05) is 12.5 Å². The molecule has 0 aliphatic carbocycles. The van der Waals surface area contributed by atoms with Gasteiger partial charge >= 0.3 is 0 Å². The number of pyridine rings is 1. The van der Waals surface area contributed by atoms with Crippen molar-refractivity contribution < 1.29 is 4.74 Å². The van der Waals surface area contributed by atoms with Gasteiger partial charge in [-0.2, -0.15) is 0 Å². The summed E-state index contributed by atoms with van der Waals surface area (Å²) in [6.45, 7) is 6.36. The van der Waals surface area contributed by atoms with E-state index in [2.05, 4.69) is 69.1 Å². The van der Waals surface area contributed by atoms with Gasteiger partial charge in [-0.15, -0.1) is 0 Å². The number of nitrogens with two attached hydrogens (primary N) is 1. The Labute approximate surface area is 135 Å². The van der Waals surface area contributed by atoms with Crippen LogP contribution < -0.4 is 16.0 Å². The Hall–Kier alpha value is -0.850. The first-order valence-electron chi connectivity index (χ1n) is 6.13. The van der Waals surface area contributed by atoms with Crippen LogP contribution in [0.4, 0.5) is 5.82 Å². The molecule has 6 heteroatoms. The van der Waals surface area contributed by atoms with Crippen LogP contribution in [-0.2, 0) is 5.41 Å². The number of fused-ring (bicyclic) bond motifs is 1. The maximum absolute atomic E-state index is 5.62. The number of benzene rings is 1. The molecule has 1 aromatic heterocycles. The summed E-state index contributed by atoms with van der Waals surface area (Å²) in [5.74, 6) is 7.06. The molecule has 0 saturated carbocycles. The molecule has 2 aromatic rings. The van der Waals surface area contributed by atoms with Crippen LogP contribution in [0, 0.1) is 0 Å². The van der Waals surface area contributed by atoms with E-state index in [-0.39, 0.29) is 5.41 Å². The third-order valence-corrected chi connectivity index (χ3v) is 4.31. The van der Waals surface area contributed by atoms with Crippen LogP contribution in [0.3, 0.4) is 0 Å². The molecule has 108 valence electrons. The minimum absolute atomic E-state index is 0.0807. The fraction of sp³-hybridized carbons (Fsp3) is 0.357. The molecule has 0 atom stereocenters. The van der Waals surface area contributed by atoms with Gasteiger partial charge in [-0.25, -0.2) is 10.8 Å². The number of halogens is 2. The number of hydrogen-bond acceptors (Lipinski definition) is 4. The highest BCUT2D eigenvalue weighted by atomic mass is 79.9. The highest BCUT2D eigenvalue weighted by Gasteiger charge is 2.22. The zero-order chi connectivity index (χ0) is 15.1. The summed E-state index contributed by atoms with van der Waals surface area (Å²) < 4.78 is 7.27. The van der Waals surface area contributed by atoms with E-state index in [1.807, 2.05) is 6.07 Å². The number of aromatic nitrogens is 1.